The lowest BCUT2D eigenvalue weighted by Gasteiger charge is -2.29. The molecule has 0 amide bonds. The van der Waals surface area contributed by atoms with Crippen molar-refractivity contribution in [3.05, 3.63) is 0 Å². The van der Waals surface area contributed by atoms with Gasteiger partial charge in [-0.2, -0.15) is 0 Å². The smallest absolute Gasteiger partial charge is 0.00719 e. The highest BCUT2D eigenvalue weighted by atomic mass is 14.9. The van der Waals surface area contributed by atoms with Gasteiger partial charge in [0.2, 0.25) is 0 Å². The van der Waals surface area contributed by atoms with Gasteiger partial charge in [0.1, 0.15) is 0 Å². The highest BCUT2D eigenvalue weighted by Gasteiger charge is 2.18. The molecule has 1 aliphatic rings. The molecule has 0 heterocycles. The Bertz CT molecular complexity index is 107. The molecule has 1 heteroatoms. The quantitative estimate of drug-likeness (QED) is 0.646. The Balaban J connectivity index is 2.23. The monoisotopic (exact) mass is 155 g/mol. The van der Waals surface area contributed by atoms with Crippen LogP contribution in [0.1, 0.15) is 46.5 Å². The van der Waals surface area contributed by atoms with E-state index in [1.807, 2.05) is 0 Å². The van der Waals surface area contributed by atoms with E-state index in [1.54, 1.807) is 0 Å². The molecule has 1 aliphatic carbocycles. The number of hydrogen-bond donors (Lipinski definition) is 1. The Morgan fingerprint density at radius 3 is 2.55 bits per heavy atom. The van der Waals surface area contributed by atoms with Gasteiger partial charge >= 0.3 is 0 Å². The SMILES string of the molecule is CC(C)N[C@@H]1CCC[C@@H](C)C1. The Morgan fingerprint density at radius 1 is 1.27 bits per heavy atom. The Kier molecular flexibility index (Phi) is 3.38. The maximum absolute atomic E-state index is 3.61. The number of nitrogens with one attached hydrogen (secondary N) is 1. The highest BCUT2D eigenvalue weighted by Crippen LogP contribution is 2.23. The second kappa shape index (κ2) is 4.10. The van der Waals surface area contributed by atoms with Gasteiger partial charge in [-0.25, -0.2) is 0 Å². The number of hydrogen-bond acceptors (Lipinski definition) is 1. The van der Waals surface area contributed by atoms with E-state index in [-0.39, 0.29) is 0 Å². The van der Waals surface area contributed by atoms with Crippen LogP contribution in [-0.2, 0) is 0 Å². The zero-order valence-electron chi connectivity index (χ0n) is 8.06. The first-order valence-corrected chi connectivity index (χ1v) is 4.94. The summed E-state index contributed by atoms with van der Waals surface area (Å²) in [4.78, 5) is 0. The Morgan fingerprint density at radius 2 is 2.00 bits per heavy atom. The van der Waals surface area contributed by atoms with Gasteiger partial charge in [-0.3, -0.25) is 0 Å². The molecule has 0 unspecified atom stereocenters. The van der Waals surface area contributed by atoms with Crippen LogP contribution in [0.4, 0.5) is 0 Å². The van der Waals surface area contributed by atoms with Crippen LogP contribution in [-0.4, -0.2) is 12.1 Å². The topological polar surface area (TPSA) is 12.0 Å². The average Bonchev–Trinajstić information content (AvgIpc) is 1.85. The van der Waals surface area contributed by atoms with Crippen LogP contribution in [0.5, 0.6) is 0 Å². The molecule has 1 N–H and O–H groups in total. The van der Waals surface area contributed by atoms with Crippen molar-refractivity contribution in [2.45, 2.75) is 58.5 Å². The molecule has 11 heavy (non-hydrogen) atoms. The van der Waals surface area contributed by atoms with Crippen LogP contribution in [0, 0.1) is 5.92 Å². The fourth-order valence-corrected chi connectivity index (χ4v) is 2.06. The largest absolute Gasteiger partial charge is 0.312 e. The predicted molar refractivity (Wildman–Crippen MR) is 49.7 cm³/mol. The van der Waals surface area contributed by atoms with Gasteiger partial charge in [-0.05, 0) is 18.8 Å². The molecule has 0 spiro atoms. The van der Waals surface area contributed by atoms with E-state index in [2.05, 4.69) is 26.1 Å². The van der Waals surface area contributed by atoms with Crippen LogP contribution in [0.15, 0.2) is 0 Å². The van der Waals surface area contributed by atoms with Crippen LogP contribution in [0.25, 0.3) is 0 Å². The molecule has 0 aliphatic heterocycles. The van der Waals surface area contributed by atoms with E-state index in [1.165, 1.54) is 25.7 Å². The third-order valence-corrected chi connectivity index (χ3v) is 2.51. The van der Waals surface area contributed by atoms with Gasteiger partial charge in [-0.1, -0.05) is 33.6 Å². The standard InChI is InChI=1S/C10H21N/c1-8(2)11-10-6-4-5-9(3)7-10/h8-11H,4-7H2,1-3H3/t9-,10-/m1/s1. The van der Waals surface area contributed by atoms with Crippen molar-refractivity contribution < 1.29 is 0 Å². The molecule has 0 aromatic heterocycles. The molecular weight excluding hydrogens is 134 g/mol. The first-order chi connectivity index (χ1) is 5.18. The van der Waals surface area contributed by atoms with Gasteiger partial charge in [0.25, 0.3) is 0 Å². The fourth-order valence-electron chi connectivity index (χ4n) is 2.06. The van der Waals surface area contributed by atoms with E-state index in [4.69, 9.17) is 0 Å². The van der Waals surface area contributed by atoms with Crippen LogP contribution < -0.4 is 5.32 Å². The molecule has 1 fully saturated rings. The Labute approximate surface area is 70.6 Å². The van der Waals surface area contributed by atoms with Gasteiger partial charge < -0.3 is 5.32 Å². The van der Waals surface area contributed by atoms with Crippen molar-refractivity contribution in [2.75, 3.05) is 0 Å². The minimum atomic E-state index is 0.658. The number of rotatable bonds is 2. The van der Waals surface area contributed by atoms with Gasteiger partial charge in [0.15, 0.2) is 0 Å². The molecule has 0 saturated heterocycles. The van der Waals surface area contributed by atoms with Crippen LogP contribution >= 0.6 is 0 Å². The van der Waals surface area contributed by atoms with Crippen LogP contribution in [0.2, 0.25) is 0 Å². The summed E-state index contributed by atoms with van der Waals surface area (Å²) >= 11 is 0. The second-order valence-electron chi connectivity index (χ2n) is 4.29. The molecule has 1 rings (SSSR count). The predicted octanol–water partition coefficient (Wildman–Crippen LogP) is 2.56. The first-order valence-electron chi connectivity index (χ1n) is 4.94. The summed E-state index contributed by atoms with van der Waals surface area (Å²) in [5, 5.41) is 3.61. The van der Waals surface area contributed by atoms with Crippen molar-refractivity contribution >= 4 is 0 Å². The minimum absolute atomic E-state index is 0.658. The van der Waals surface area contributed by atoms with Crippen molar-refractivity contribution in [1.29, 1.82) is 0 Å². The average molecular weight is 155 g/mol. The molecule has 0 aromatic rings. The summed E-state index contributed by atoms with van der Waals surface area (Å²) in [6, 6.07) is 1.46. The molecule has 1 nitrogen and oxygen atoms in total. The summed E-state index contributed by atoms with van der Waals surface area (Å²) < 4.78 is 0. The maximum atomic E-state index is 3.61. The molecule has 1 saturated carbocycles. The zero-order valence-corrected chi connectivity index (χ0v) is 8.06. The summed E-state index contributed by atoms with van der Waals surface area (Å²) in [6.07, 6.45) is 5.64. The van der Waals surface area contributed by atoms with Crippen molar-refractivity contribution in [3.63, 3.8) is 0 Å². The normalized spacial score (nSPS) is 32.7. The summed E-state index contributed by atoms with van der Waals surface area (Å²) in [5.74, 6) is 0.944. The van der Waals surface area contributed by atoms with Crippen molar-refractivity contribution in [1.82, 2.24) is 5.32 Å². The molecular formula is C10H21N. The molecule has 2 atom stereocenters. The van der Waals surface area contributed by atoms with Crippen LogP contribution in [0.3, 0.4) is 0 Å². The zero-order chi connectivity index (χ0) is 8.27. The lowest BCUT2D eigenvalue weighted by molar-refractivity contribution is 0.289. The molecule has 0 aromatic carbocycles. The van der Waals surface area contributed by atoms with Crippen molar-refractivity contribution in [2.24, 2.45) is 5.92 Å². The minimum Gasteiger partial charge on any atom is -0.312 e. The van der Waals surface area contributed by atoms with E-state index < -0.39 is 0 Å². The first kappa shape index (κ1) is 9.05. The van der Waals surface area contributed by atoms with E-state index in [9.17, 15) is 0 Å². The van der Waals surface area contributed by atoms with E-state index >= 15 is 0 Å². The molecule has 66 valence electrons. The summed E-state index contributed by atoms with van der Waals surface area (Å²) in [5.41, 5.74) is 0. The fraction of sp³-hybridized carbons (Fsp3) is 1.00. The van der Waals surface area contributed by atoms with Crippen molar-refractivity contribution in [3.8, 4) is 0 Å². The van der Waals surface area contributed by atoms with Gasteiger partial charge in [0, 0.05) is 12.1 Å². The summed E-state index contributed by atoms with van der Waals surface area (Å²) in [6.45, 7) is 6.84. The Hall–Kier alpha value is -0.0400. The molecule has 0 radical (unpaired) electrons. The molecule has 0 bridgehead atoms. The van der Waals surface area contributed by atoms with E-state index in [0.29, 0.717) is 6.04 Å². The second-order valence-corrected chi connectivity index (χ2v) is 4.29. The summed E-state index contributed by atoms with van der Waals surface area (Å²) in [7, 11) is 0. The third kappa shape index (κ3) is 3.24. The van der Waals surface area contributed by atoms with Gasteiger partial charge in [0.05, 0.1) is 0 Å². The third-order valence-electron chi connectivity index (χ3n) is 2.51. The van der Waals surface area contributed by atoms with Gasteiger partial charge in [-0.15, -0.1) is 0 Å². The maximum Gasteiger partial charge on any atom is 0.00719 e. The van der Waals surface area contributed by atoms with E-state index in [0.717, 1.165) is 12.0 Å². The lowest BCUT2D eigenvalue weighted by atomic mass is 9.87. The lowest BCUT2D eigenvalue weighted by Crippen LogP contribution is -2.37. The highest BCUT2D eigenvalue weighted by molar-refractivity contribution is 4.76.